The standard InChI is InChI=1S/C22H18F4N2OS/c1-13-12-30-20(19(13)23)21(29)27-17-11-28(18-5-3-2-4-16(17)18)10-14-6-8-15(9-7-14)22(24,25)26/h2-9,11,13H,10,12H2,1H3,(H,27,29). The minimum atomic E-state index is -4.38. The number of thioether (sulfide) groups is 1. The second-order valence-corrected chi connectivity index (χ2v) is 8.26. The van der Waals surface area contributed by atoms with E-state index in [0.717, 1.165) is 23.0 Å². The van der Waals surface area contributed by atoms with Gasteiger partial charge in [-0.05, 0) is 23.8 Å². The molecule has 1 atom stereocenters. The molecule has 3 nitrogen and oxygen atoms in total. The van der Waals surface area contributed by atoms with Crippen molar-refractivity contribution in [2.75, 3.05) is 11.1 Å². The van der Waals surface area contributed by atoms with Gasteiger partial charge in [-0.2, -0.15) is 13.2 Å². The number of amides is 1. The quantitative estimate of drug-likeness (QED) is 0.496. The molecule has 3 aromatic rings. The van der Waals surface area contributed by atoms with E-state index < -0.39 is 23.5 Å². The van der Waals surface area contributed by atoms with E-state index in [1.807, 2.05) is 28.8 Å². The van der Waals surface area contributed by atoms with Gasteiger partial charge in [-0.1, -0.05) is 37.3 Å². The van der Waals surface area contributed by atoms with Gasteiger partial charge in [-0.25, -0.2) is 4.39 Å². The minimum Gasteiger partial charge on any atom is -0.341 e. The third-order valence-electron chi connectivity index (χ3n) is 5.00. The number of hydrogen-bond donors (Lipinski definition) is 1. The highest BCUT2D eigenvalue weighted by atomic mass is 32.2. The lowest BCUT2D eigenvalue weighted by Crippen LogP contribution is -2.12. The van der Waals surface area contributed by atoms with Crippen LogP contribution in [-0.4, -0.2) is 16.2 Å². The molecule has 0 fully saturated rings. The molecule has 0 aliphatic carbocycles. The van der Waals surface area contributed by atoms with Gasteiger partial charge in [0.1, 0.15) is 10.7 Å². The van der Waals surface area contributed by atoms with Crippen molar-refractivity contribution in [3.8, 4) is 0 Å². The van der Waals surface area contributed by atoms with Crippen molar-refractivity contribution in [2.24, 2.45) is 5.92 Å². The van der Waals surface area contributed by atoms with Gasteiger partial charge in [0.2, 0.25) is 0 Å². The highest BCUT2D eigenvalue weighted by Gasteiger charge is 2.30. The molecule has 156 valence electrons. The molecule has 0 saturated heterocycles. The Morgan fingerprint density at radius 2 is 1.87 bits per heavy atom. The lowest BCUT2D eigenvalue weighted by molar-refractivity contribution is -0.137. The van der Waals surface area contributed by atoms with Crippen LogP contribution in [0.2, 0.25) is 0 Å². The molecule has 8 heteroatoms. The van der Waals surface area contributed by atoms with Gasteiger partial charge in [0.05, 0.1) is 16.8 Å². The zero-order valence-corrected chi connectivity index (χ0v) is 16.8. The number of aromatic nitrogens is 1. The molecule has 1 N–H and O–H groups in total. The van der Waals surface area contributed by atoms with Crippen LogP contribution in [0.1, 0.15) is 18.1 Å². The van der Waals surface area contributed by atoms with Gasteiger partial charge in [-0.3, -0.25) is 4.79 Å². The van der Waals surface area contributed by atoms with E-state index in [4.69, 9.17) is 0 Å². The number of carbonyl (C=O) groups is 1. The number of rotatable bonds is 4. The molecular weight excluding hydrogens is 416 g/mol. The third-order valence-corrected chi connectivity index (χ3v) is 6.34. The topological polar surface area (TPSA) is 34.0 Å². The SMILES string of the molecule is CC1CSC(C(=O)Nc2cn(Cc3ccc(C(F)(F)F)cc3)c3ccccc23)=C1F. The molecule has 0 saturated carbocycles. The summed E-state index contributed by atoms with van der Waals surface area (Å²) in [6.07, 6.45) is -2.66. The third kappa shape index (κ3) is 3.96. The first-order chi connectivity index (χ1) is 14.2. The summed E-state index contributed by atoms with van der Waals surface area (Å²) >= 11 is 1.20. The lowest BCUT2D eigenvalue weighted by Gasteiger charge is -2.09. The van der Waals surface area contributed by atoms with E-state index in [1.165, 1.54) is 23.9 Å². The largest absolute Gasteiger partial charge is 0.416 e. The fraction of sp³-hybridized carbons (Fsp3) is 0.227. The number of anilines is 1. The first-order valence-corrected chi connectivity index (χ1v) is 10.3. The number of carbonyl (C=O) groups excluding carboxylic acids is 1. The summed E-state index contributed by atoms with van der Waals surface area (Å²) in [6, 6.07) is 12.3. The Kier molecular flexibility index (Phi) is 5.36. The van der Waals surface area contributed by atoms with Crippen LogP contribution in [0.25, 0.3) is 10.9 Å². The minimum absolute atomic E-state index is 0.0991. The number of hydrogen-bond acceptors (Lipinski definition) is 2. The number of benzene rings is 2. The summed E-state index contributed by atoms with van der Waals surface area (Å²) in [7, 11) is 0. The highest BCUT2D eigenvalue weighted by molar-refractivity contribution is 8.04. The summed E-state index contributed by atoms with van der Waals surface area (Å²) in [4.78, 5) is 12.7. The normalized spacial score (nSPS) is 17.0. The van der Waals surface area contributed by atoms with Crippen LogP contribution in [0, 0.1) is 5.92 Å². The fourth-order valence-electron chi connectivity index (χ4n) is 3.40. The van der Waals surface area contributed by atoms with Gasteiger partial charge >= 0.3 is 6.18 Å². The predicted molar refractivity (Wildman–Crippen MR) is 111 cm³/mol. The van der Waals surface area contributed by atoms with Crippen LogP contribution < -0.4 is 5.32 Å². The molecule has 1 aliphatic heterocycles. The van der Waals surface area contributed by atoms with Gasteiger partial charge in [-0.15, -0.1) is 11.8 Å². The van der Waals surface area contributed by atoms with Gasteiger partial charge in [0.25, 0.3) is 5.91 Å². The highest BCUT2D eigenvalue weighted by Crippen LogP contribution is 2.38. The van der Waals surface area contributed by atoms with Crippen molar-refractivity contribution in [1.82, 2.24) is 4.57 Å². The number of halogens is 4. The first kappa shape index (κ1) is 20.5. The van der Waals surface area contributed by atoms with Gasteiger partial charge < -0.3 is 9.88 Å². The van der Waals surface area contributed by atoms with Crippen molar-refractivity contribution >= 4 is 34.3 Å². The van der Waals surface area contributed by atoms with Crippen LogP contribution >= 0.6 is 11.8 Å². The smallest absolute Gasteiger partial charge is 0.341 e. The molecule has 0 radical (unpaired) electrons. The maximum atomic E-state index is 14.2. The number of fused-ring (bicyclic) bond motifs is 1. The van der Waals surface area contributed by atoms with E-state index in [1.54, 1.807) is 13.1 Å². The Morgan fingerprint density at radius 1 is 1.17 bits per heavy atom. The Bertz CT molecular complexity index is 1130. The van der Waals surface area contributed by atoms with Gasteiger partial charge in [0, 0.05) is 29.8 Å². The zero-order valence-electron chi connectivity index (χ0n) is 16.0. The molecule has 1 aliphatic rings. The fourth-order valence-corrected chi connectivity index (χ4v) is 4.48. The number of para-hydroxylation sites is 1. The van der Waals surface area contributed by atoms with E-state index >= 15 is 0 Å². The van der Waals surface area contributed by atoms with Crippen LogP contribution in [-0.2, 0) is 17.5 Å². The van der Waals surface area contributed by atoms with Crippen molar-refractivity contribution < 1.29 is 22.4 Å². The average Bonchev–Trinajstić information content (AvgIpc) is 3.22. The molecule has 1 amide bonds. The number of nitrogens with one attached hydrogen (secondary N) is 1. The zero-order chi connectivity index (χ0) is 21.5. The molecule has 1 unspecified atom stereocenters. The monoisotopic (exact) mass is 434 g/mol. The molecule has 4 rings (SSSR count). The summed E-state index contributed by atoms with van der Waals surface area (Å²) in [5, 5.41) is 3.56. The number of nitrogens with zero attached hydrogens (tertiary/aromatic N) is 1. The maximum Gasteiger partial charge on any atom is 0.416 e. The summed E-state index contributed by atoms with van der Waals surface area (Å²) < 4.78 is 54.4. The maximum absolute atomic E-state index is 14.2. The molecule has 2 heterocycles. The van der Waals surface area contributed by atoms with Crippen LogP contribution in [0.5, 0.6) is 0 Å². The lowest BCUT2D eigenvalue weighted by atomic mass is 10.1. The summed E-state index contributed by atoms with van der Waals surface area (Å²) in [5.41, 5.74) is 1.34. The summed E-state index contributed by atoms with van der Waals surface area (Å²) in [6.45, 7) is 2.07. The van der Waals surface area contributed by atoms with Crippen LogP contribution in [0.4, 0.5) is 23.2 Å². The molecule has 0 spiro atoms. The van der Waals surface area contributed by atoms with Crippen LogP contribution in [0.15, 0.2) is 65.5 Å². The van der Waals surface area contributed by atoms with E-state index in [9.17, 15) is 22.4 Å². The Labute approximate surface area is 174 Å². The van der Waals surface area contributed by atoms with E-state index in [-0.39, 0.29) is 10.8 Å². The Hall–Kier alpha value is -2.74. The Balaban J connectivity index is 1.62. The second-order valence-electron chi connectivity index (χ2n) is 7.23. The Morgan fingerprint density at radius 3 is 2.50 bits per heavy atom. The van der Waals surface area contributed by atoms with Crippen molar-refractivity contribution in [1.29, 1.82) is 0 Å². The molecular formula is C22H18F4N2OS. The van der Waals surface area contributed by atoms with Crippen molar-refractivity contribution in [3.05, 3.63) is 76.6 Å². The first-order valence-electron chi connectivity index (χ1n) is 9.32. The van der Waals surface area contributed by atoms with E-state index in [2.05, 4.69) is 5.32 Å². The number of alkyl halides is 3. The molecule has 0 bridgehead atoms. The average molecular weight is 434 g/mol. The van der Waals surface area contributed by atoms with Crippen LogP contribution in [0.3, 0.4) is 0 Å². The second kappa shape index (κ2) is 7.83. The molecule has 1 aromatic heterocycles. The van der Waals surface area contributed by atoms with E-state index in [0.29, 0.717) is 23.5 Å². The number of allylic oxidation sites excluding steroid dienone is 1. The van der Waals surface area contributed by atoms with Crippen molar-refractivity contribution in [3.63, 3.8) is 0 Å². The predicted octanol–water partition coefficient (Wildman–Crippen LogP) is 6.21. The van der Waals surface area contributed by atoms with Crippen molar-refractivity contribution in [2.45, 2.75) is 19.6 Å². The van der Waals surface area contributed by atoms with Gasteiger partial charge in [0.15, 0.2) is 0 Å². The molecule has 2 aromatic carbocycles. The molecule has 30 heavy (non-hydrogen) atoms. The summed E-state index contributed by atoms with van der Waals surface area (Å²) in [5.74, 6) is -0.633.